The van der Waals surface area contributed by atoms with Crippen LogP contribution in [0, 0.1) is 18.3 Å². The highest BCUT2D eigenvalue weighted by Gasteiger charge is 2.58. The first-order valence-electron chi connectivity index (χ1n) is 13.0. The van der Waals surface area contributed by atoms with E-state index in [1.54, 1.807) is 0 Å². The molecule has 2 atom stereocenters. The topological polar surface area (TPSA) is 34.3 Å². The van der Waals surface area contributed by atoms with Crippen molar-refractivity contribution >= 4 is 16.6 Å². The summed E-state index contributed by atoms with van der Waals surface area (Å²) in [7, 11) is 0. The van der Waals surface area contributed by atoms with Crippen LogP contribution in [0.15, 0.2) is 48.5 Å². The van der Waals surface area contributed by atoms with Gasteiger partial charge in [-0.3, -0.25) is 9.80 Å². The van der Waals surface area contributed by atoms with Gasteiger partial charge < -0.3 is 10.3 Å². The molecule has 3 aromatic rings. The maximum atomic E-state index is 5.44. The van der Waals surface area contributed by atoms with Crippen molar-refractivity contribution in [1.82, 2.24) is 14.8 Å². The summed E-state index contributed by atoms with van der Waals surface area (Å²) in [6, 6.07) is 19.5. The van der Waals surface area contributed by atoms with Crippen LogP contribution in [0.4, 0.5) is 5.69 Å². The molecule has 0 unspecified atom stereocenters. The van der Waals surface area contributed by atoms with Crippen molar-refractivity contribution in [3.8, 4) is 12.3 Å². The molecule has 1 saturated heterocycles. The molecule has 1 aromatic heterocycles. The SMILES string of the molecule is C#CCN1CC(Nc2ccc([C@@H]3c4[nH]c5ccccc5c4C[C@@H](C)N3C34CCC(C3)C4)cc2)C1. The minimum absolute atomic E-state index is 0.300. The minimum Gasteiger partial charge on any atom is -0.380 e. The van der Waals surface area contributed by atoms with Gasteiger partial charge in [0.15, 0.2) is 0 Å². The Hall–Kier alpha value is -2.74. The van der Waals surface area contributed by atoms with E-state index in [1.165, 1.54) is 59.1 Å². The van der Waals surface area contributed by atoms with Crippen molar-refractivity contribution < 1.29 is 0 Å². The van der Waals surface area contributed by atoms with E-state index in [4.69, 9.17) is 6.42 Å². The summed E-state index contributed by atoms with van der Waals surface area (Å²) in [5, 5.41) is 5.10. The van der Waals surface area contributed by atoms with Gasteiger partial charge in [-0.25, -0.2) is 0 Å². The highest BCUT2D eigenvalue weighted by molar-refractivity contribution is 5.85. The number of fused-ring (bicyclic) bond motifs is 4. The van der Waals surface area contributed by atoms with E-state index >= 15 is 0 Å². The van der Waals surface area contributed by atoms with E-state index in [9.17, 15) is 0 Å². The molecule has 0 radical (unpaired) electrons. The van der Waals surface area contributed by atoms with Crippen molar-refractivity contribution in [3.63, 3.8) is 0 Å². The molecule has 3 saturated carbocycles. The Bertz CT molecular complexity index is 1250. The zero-order valence-corrected chi connectivity index (χ0v) is 20.1. The molecule has 4 fully saturated rings. The summed E-state index contributed by atoms with van der Waals surface area (Å²) in [4.78, 5) is 9.10. The molecule has 5 aliphatic rings. The van der Waals surface area contributed by atoms with Gasteiger partial charge >= 0.3 is 0 Å². The lowest BCUT2D eigenvalue weighted by Gasteiger charge is -2.55. The molecule has 0 amide bonds. The van der Waals surface area contributed by atoms with Crippen LogP contribution >= 0.6 is 0 Å². The number of aromatic amines is 1. The molecule has 4 heteroatoms. The van der Waals surface area contributed by atoms with E-state index in [1.807, 2.05) is 0 Å². The number of benzene rings is 2. The van der Waals surface area contributed by atoms with E-state index in [0.717, 1.165) is 32.0 Å². The molecule has 0 spiro atoms. The maximum Gasteiger partial charge on any atom is 0.0764 e. The number of para-hydroxylation sites is 1. The first kappa shape index (κ1) is 20.6. The van der Waals surface area contributed by atoms with E-state index in [2.05, 4.69) is 81.5 Å². The van der Waals surface area contributed by atoms with Crippen LogP contribution in [0.1, 0.15) is 55.5 Å². The number of anilines is 1. The fraction of sp³-hybridized carbons (Fsp3) is 0.467. The predicted molar refractivity (Wildman–Crippen MR) is 139 cm³/mol. The average Bonchev–Trinajstić information content (AvgIpc) is 3.50. The lowest BCUT2D eigenvalue weighted by molar-refractivity contribution is -0.0339. The normalized spacial score (nSPS) is 31.0. The molecule has 2 N–H and O–H groups in total. The highest BCUT2D eigenvalue weighted by atomic mass is 15.3. The summed E-state index contributed by atoms with van der Waals surface area (Å²) in [5.41, 5.74) is 7.25. The standard InChI is InChI=1S/C30H34N4/c1-3-14-33-18-24(19-33)31-23-10-8-22(9-11-23)29-28-26(25-6-4-5-7-27(25)32-28)15-20(2)34(29)30-13-12-21(16-30)17-30/h1,4-11,20-21,24,29,31-32H,12-19H2,2H3/t20-,21?,29-,30?/m1/s1. The highest BCUT2D eigenvalue weighted by Crippen LogP contribution is 2.60. The van der Waals surface area contributed by atoms with Gasteiger partial charge in [-0.05, 0) is 74.3 Å². The Morgan fingerprint density at radius 2 is 1.91 bits per heavy atom. The summed E-state index contributed by atoms with van der Waals surface area (Å²) < 4.78 is 0. The monoisotopic (exact) mass is 450 g/mol. The quantitative estimate of drug-likeness (QED) is 0.526. The van der Waals surface area contributed by atoms with E-state index in [0.29, 0.717) is 23.7 Å². The second-order valence-electron chi connectivity index (χ2n) is 11.3. The zero-order chi connectivity index (χ0) is 22.9. The molecule has 3 aliphatic carbocycles. The fourth-order valence-corrected chi connectivity index (χ4v) is 7.68. The molecule has 2 bridgehead atoms. The van der Waals surface area contributed by atoms with Crippen LogP contribution in [-0.4, -0.2) is 52.0 Å². The van der Waals surface area contributed by atoms with Gasteiger partial charge in [0.25, 0.3) is 0 Å². The Balaban J connectivity index is 1.23. The number of H-pyrrole nitrogens is 1. The number of nitrogens with zero attached hydrogens (tertiary/aromatic N) is 2. The number of hydrogen-bond acceptors (Lipinski definition) is 3. The molecule has 174 valence electrons. The Kier molecular flexibility index (Phi) is 4.63. The molecule has 2 aliphatic heterocycles. The van der Waals surface area contributed by atoms with Gasteiger partial charge in [0.2, 0.25) is 0 Å². The fourth-order valence-electron chi connectivity index (χ4n) is 7.68. The van der Waals surface area contributed by atoms with Gasteiger partial charge in [0, 0.05) is 47.0 Å². The van der Waals surface area contributed by atoms with Crippen LogP contribution in [0.5, 0.6) is 0 Å². The number of aromatic nitrogens is 1. The van der Waals surface area contributed by atoms with Gasteiger partial charge in [0.05, 0.1) is 18.6 Å². The Labute approximate surface area is 202 Å². The first-order chi connectivity index (χ1) is 16.6. The van der Waals surface area contributed by atoms with Crippen LogP contribution < -0.4 is 5.32 Å². The van der Waals surface area contributed by atoms with Crippen LogP contribution in [0.3, 0.4) is 0 Å². The smallest absolute Gasteiger partial charge is 0.0764 e. The second kappa shape index (κ2) is 7.63. The number of rotatable bonds is 5. The van der Waals surface area contributed by atoms with Crippen LogP contribution in [0.25, 0.3) is 10.9 Å². The molecular formula is C30H34N4. The molecule has 2 aromatic carbocycles. The van der Waals surface area contributed by atoms with Crippen molar-refractivity contribution in [1.29, 1.82) is 0 Å². The van der Waals surface area contributed by atoms with Gasteiger partial charge in [-0.1, -0.05) is 36.3 Å². The number of likely N-dealkylation sites (tertiary alicyclic amines) is 1. The lowest BCUT2D eigenvalue weighted by atomic mass is 9.72. The number of nitrogens with one attached hydrogen (secondary N) is 2. The van der Waals surface area contributed by atoms with Crippen molar-refractivity contribution in [3.05, 3.63) is 65.4 Å². The summed E-state index contributed by atoms with van der Waals surface area (Å²) >= 11 is 0. The van der Waals surface area contributed by atoms with Gasteiger partial charge in [-0.15, -0.1) is 6.42 Å². The predicted octanol–water partition coefficient (Wildman–Crippen LogP) is 5.18. The van der Waals surface area contributed by atoms with Crippen LogP contribution in [0.2, 0.25) is 0 Å². The lowest BCUT2D eigenvalue weighted by Crippen LogP contribution is -2.59. The Morgan fingerprint density at radius 3 is 2.65 bits per heavy atom. The van der Waals surface area contributed by atoms with Crippen molar-refractivity contribution in [2.45, 2.75) is 62.7 Å². The minimum atomic E-state index is 0.300. The molecule has 4 nitrogen and oxygen atoms in total. The van der Waals surface area contributed by atoms with E-state index in [-0.39, 0.29) is 0 Å². The second-order valence-corrected chi connectivity index (χ2v) is 11.3. The first-order valence-corrected chi connectivity index (χ1v) is 13.0. The number of hydrogen-bond donors (Lipinski definition) is 2. The van der Waals surface area contributed by atoms with Crippen molar-refractivity contribution in [2.24, 2.45) is 5.92 Å². The third kappa shape index (κ3) is 3.07. The summed E-state index contributed by atoms with van der Waals surface area (Å²) in [5.74, 6) is 3.70. The molecule has 8 rings (SSSR count). The zero-order valence-electron chi connectivity index (χ0n) is 20.1. The largest absolute Gasteiger partial charge is 0.380 e. The third-order valence-corrected chi connectivity index (χ3v) is 9.14. The Morgan fingerprint density at radius 1 is 1.12 bits per heavy atom. The van der Waals surface area contributed by atoms with Gasteiger partial charge in [0.1, 0.15) is 0 Å². The van der Waals surface area contributed by atoms with Crippen LogP contribution in [-0.2, 0) is 6.42 Å². The maximum absolute atomic E-state index is 5.44. The van der Waals surface area contributed by atoms with Crippen molar-refractivity contribution in [2.75, 3.05) is 25.0 Å². The third-order valence-electron chi connectivity index (χ3n) is 9.14. The summed E-state index contributed by atoms with van der Waals surface area (Å²) in [6.45, 7) is 5.28. The van der Waals surface area contributed by atoms with Gasteiger partial charge in [-0.2, -0.15) is 0 Å². The molecule has 34 heavy (non-hydrogen) atoms. The average molecular weight is 451 g/mol. The van der Waals surface area contributed by atoms with E-state index < -0.39 is 0 Å². The molecular weight excluding hydrogens is 416 g/mol. The molecule has 3 heterocycles. The number of terminal acetylenes is 1. The summed E-state index contributed by atoms with van der Waals surface area (Å²) in [6.07, 6.45) is 12.1.